The predicted molar refractivity (Wildman–Crippen MR) is 190 cm³/mol. The number of aromatic nitrogens is 4. The van der Waals surface area contributed by atoms with Crippen molar-refractivity contribution in [2.75, 3.05) is 40.0 Å². The summed E-state index contributed by atoms with van der Waals surface area (Å²) in [6, 6.07) is 13.4. The zero-order chi connectivity index (χ0) is 35.3. The second-order valence-electron chi connectivity index (χ2n) is 13.3. The number of nitrogens with one attached hydrogen (secondary N) is 3. The molecule has 2 saturated heterocycles. The number of nitrogens with zero attached hydrogens (tertiary/aromatic N) is 4. The summed E-state index contributed by atoms with van der Waals surface area (Å²) in [5, 5.41) is 2.65. The molecule has 0 radical (unpaired) electrons. The third kappa shape index (κ3) is 7.34. The van der Waals surface area contributed by atoms with Gasteiger partial charge in [0.05, 0.1) is 56.2 Å². The predicted octanol–water partition coefficient (Wildman–Crippen LogP) is 5.78. The van der Waals surface area contributed by atoms with E-state index in [4.69, 9.17) is 19.2 Å². The molecule has 5 heterocycles. The van der Waals surface area contributed by atoms with E-state index in [1.165, 1.54) is 7.11 Å². The molecule has 268 valence electrons. The third-order valence-electron chi connectivity index (χ3n) is 10.0. The van der Waals surface area contributed by atoms with Gasteiger partial charge in [-0.15, -0.1) is 0 Å². The number of hydrogen-bond acceptors (Lipinski definition) is 8. The van der Waals surface area contributed by atoms with Crippen LogP contribution in [0.4, 0.5) is 4.79 Å². The molecule has 3 aliphatic rings. The van der Waals surface area contributed by atoms with Gasteiger partial charge in [-0.1, -0.05) is 37.3 Å². The number of likely N-dealkylation sites (tertiary alicyclic amines) is 1. The summed E-state index contributed by atoms with van der Waals surface area (Å²) >= 11 is 0. The molecule has 0 aliphatic carbocycles. The van der Waals surface area contributed by atoms with Crippen LogP contribution in [0.25, 0.3) is 33.6 Å². The first kappa shape index (κ1) is 34.3. The van der Waals surface area contributed by atoms with Crippen molar-refractivity contribution in [1.29, 1.82) is 0 Å². The van der Waals surface area contributed by atoms with Crippen LogP contribution >= 0.6 is 0 Å². The van der Waals surface area contributed by atoms with Gasteiger partial charge in [-0.2, -0.15) is 0 Å². The zero-order valence-corrected chi connectivity index (χ0v) is 29.2. The summed E-state index contributed by atoms with van der Waals surface area (Å²) in [7, 11) is 1.27. The highest BCUT2D eigenvalue weighted by Crippen LogP contribution is 2.38. The number of alkyl carbamates (subject to hydrolysis) is 1. The monoisotopic (exact) mass is 695 g/mol. The molecule has 3 atom stereocenters. The fraction of sp³-hybridized carbons (Fsp3) is 0.447. The third-order valence-corrected chi connectivity index (χ3v) is 10.0. The summed E-state index contributed by atoms with van der Waals surface area (Å²) in [5.74, 6) is 2.21. The second kappa shape index (κ2) is 15.4. The Morgan fingerprint density at radius 3 is 2.37 bits per heavy atom. The van der Waals surface area contributed by atoms with Crippen LogP contribution in [-0.2, 0) is 19.1 Å². The van der Waals surface area contributed by atoms with E-state index in [0.29, 0.717) is 32.0 Å². The molecule has 3 N–H and O–H groups in total. The maximum atomic E-state index is 13.7. The number of hydrogen-bond donors (Lipinski definition) is 3. The molecule has 13 heteroatoms. The minimum Gasteiger partial charge on any atom is -0.493 e. The van der Waals surface area contributed by atoms with Gasteiger partial charge in [0.25, 0.3) is 0 Å². The lowest BCUT2D eigenvalue weighted by Crippen LogP contribution is -2.50. The van der Waals surface area contributed by atoms with Crippen LogP contribution in [0, 0.1) is 0 Å². The van der Waals surface area contributed by atoms with Crippen LogP contribution in [-0.4, -0.2) is 93.7 Å². The van der Waals surface area contributed by atoms with Crippen molar-refractivity contribution in [2.45, 2.75) is 70.0 Å². The summed E-state index contributed by atoms with van der Waals surface area (Å²) in [6.07, 6.45) is 8.40. The molecule has 3 amide bonds. The van der Waals surface area contributed by atoms with E-state index in [1.54, 1.807) is 11.1 Å². The van der Waals surface area contributed by atoms with Crippen LogP contribution in [0.3, 0.4) is 0 Å². The standard InChI is InChI=1S/C38H45N7O6/c1-3-34(46)44-16-6-8-31(44)35-39-21-28(41-35)25-12-10-24(11-13-25)26-14-15-27-29-22-40-36(42-29)32-9-7-17-45(32)37(47)30(43-38(48)49-2)23-50-18-4-5-19-51-33(27)20-26/h10-15,20-22,30-32H,3-9,16-19,23H2,1-2H3,(H,39,41)(H,40,42)(H,43,48)/t30-,31-,32-/m0/s1. The average Bonchev–Trinajstić information content (AvgIpc) is 3.99. The fourth-order valence-electron chi connectivity index (χ4n) is 7.31. The molecule has 0 saturated carbocycles. The van der Waals surface area contributed by atoms with E-state index < -0.39 is 12.1 Å². The van der Waals surface area contributed by atoms with E-state index in [1.807, 2.05) is 24.1 Å². The molecule has 4 aromatic rings. The first-order valence-electron chi connectivity index (χ1n) is 17.9. The van der Waals surface area contributed by atoms with Gasteiger partial charge in [0.2, 0.25) is 11.8 Å². The van der Waals surface area contributed by atoms with Gasteiger partial charge < -0.3 is 39.3 Å². The quantitative estimate of drug-likeness (QED) is 0.237. The topological polar surface area (TPSA) is 155 Å². The van der Waals surface area contributed by atoms with Gasteiger partial charge in [0.15, 0.2) is 0 Å². The number of rotatable bonds is 5. The summed E-state index contributed by atoms with van der Waals surface area (Å²) in [6.45, 7) is 4.18. The van der Waals surface area contributed by atoms with E-state index in [9.17, 15) is 14.4 Å². The van der Waals surface area contributed by atoms with Crippen LogP contribution in [0.2, 0.25) is 0 Å². The Morgan fingerprint density at radius 2 is 1.57 bits per heavy atom. The normalized spacial score (nSPS) is 21.1. The van der Waals surface area contributed by atoms with Crippen molar-refractivity contribution in [3.05, 3.63) is 66.5 Å². The number of amides is 3. The van der Waals surface area contributed by atoms with Gasteiger partial charge in [-0.05, 0) is 67.3 Å². The molecule has 51 heavy (non-hydrogen) atoms. The van der Waals surface area contributed by atoms with Crippen LogP contribution in [0.1, 0.15) is 75.6 Å². The lowest BCUT2D eigenvalue weighted by Gasteiger charge is -2.28. The highest BCUT2D eigenvalue weighted by atomic mass is 16.5. The van der Waals surface area contributed by atoms with E-state index in [0.717, 1.165) is 90.3 Å². The van der Waals surface area contributed by atoms with Gasteiger partial charge in [0.1, 0.15) is 23.4 Å². The highest BCUT2D eigenvalue weighted by Gasteiger charge is 2.37. The van der Waals surface area contributed by atoms with E-state index in [-0.39, 0.29) is 30.5 Å². The number of imidazole rings is 2. The minimum atomic E-state index is -0.859. The summed E-state index contributed by atoms with van der Waals surface area (Å²) in [4.78, 5) is 58.2. The number of carbonyl (C=O) groups is 3. The Balaban J connectivity index is 1.12. The second-order valence-corrected chi connectivity index (χ2v) is 13.3. The Hall–Kier alpha value is -5.17. The number of ether oxygens (including phenoxy) is 3. The largest absolute Gasteiger partial charge is 0.493 e. The minimum absolute atomic E-state index is 0.0000464. The number of carbonyl (C=O) groups excluding carboxylic acids is 3. The lowest BCUT2D eigenvalue weighted by molar-refractivity contribution is -0.136. The molecule has 3 aliphatic heterocycles. The first-order valence-corrected chi connectivity index (χ1v) is 17.9. The Labute approximate surface area is 297 Å². The van der Waals surface area contributed by atoms with Crippen molar-refractivity contribution in [1.82, 2.24) is 35.1 Å². The highest BCUT2D eigenvalue weighted by molar-refractivity contribution is 5.86. The summed E-state index contributed by atoms with van der Waals surface area (Å²) in [5.41, 5.74) is 5.68. The maximum absolute atomic E-state index is 13.7. The van der Waals surface area contributed by atoms with Crippen molar-refractivity contribution in [2.24, 2.45) is 0 Å². The molecular formula is C38H45N7O6. The molecule has 2 aromatic heterocycles. The molecule has 13 nitrogen and oxygen atoms in total. The first-order chi connectivity index (χ1) is 24.9. The number of methoxy groups -OCH3 is 1. The summed E-state index contributed by atoms with van der Waals surface area (Å²) < 4.78 is 17.0. The number of benzene rings is 2. The molecule has 2 aromatic carbocycles. The lowest BCUT2D eigenvalue weighted by atomic mass is 10.00. The van der Waals surface area contributed by atoms with Gasteiger partial charge >= 0.3 is 6.09 Å². The number of H-pyrrole nitrogens is 2. The fourth-order valence-corrected chi connectivity index (χ4v) is 7.31. The maximum Gasteiger partial charge on any atom is 0.407 e. The van der Waals surface area contributed by atoms with Crippen molar-refractivity contribution < 1.29 is 28.6 Å². The number of fused-ring (bicyclic) bond motifs is 6. The average molecular weight is 696 g/mol. The van der Waals surface area contributed by atoms with E-state index in [2.05, 4.69) is 56.7 Å². The van der Waals surface area contributed by atoms with Crippen LogP contribution in [0.15, 0.2) is 54.9 Å². The van der Waals surface area contributed by atoms with Crippen molar-refractivity contribution in [3.63, 3.8) is 0 Å². The SMILES string of the molecule is CCC(=O)N1CCC[C@H]1c1ncc(-c2ccc(-c3ccc4c(c3)OCCCCOC[C@H](NC(=O)OC)C(=O)N3CCC[C@H]3c3ncc-4[nH]3)cc2)[nH]1. The van der Waals surface area contributed by atoms with Gasteiger partial charge in [-0.3, -0.25) is 9.59 Å². The van der Waals surface area contributed by atoms with Crippen molar-refractivity contribution in [3.8, 4) is 39.4 Å². The van der Waals surface area contributed by atoms with Crippen LogP contribution < -0.4 is 10.1 Å². The molecule has 2 bridgehead atoms. The smallest absolute Gasteiger partial charge is 0.407 e. The molecular weight excluding hydrogens is 650 g/mol. The van der Waals surface area contributed by atoms with Crippen LogP contribution in [0.5, 0.6) is 5.75 Å². The van der Waals surface area contributed by atoms with Crippen molar-refractivity contribution >= 4 is 17.9 Å². The molecule has 2 fully saturated rings. The van der Waals surface area contributed by atoms with Gasteiger partial charge in [0, 0.05) is 31.7 Å². The Bertz CT molecular complexity index is 1850. The number of aromatic amines is 2. The van der Waals surface area contributed by atoms with E-state index >= 15 is 0 Å². The Kier molecular flexibility index (Phi) is 10.3. The van der Waals surface area contributed by atoms with Gasteiger partial charge in [-0.25, -0.2) is 14.8 Å². The molecule has 0 spiro atoms. The molecule has 7 rings (SSSR count). The molecule has 0 unspecified atom stereocenters. The zero-order valence-electron chi connectivity index (χ0n) is 29.2. The Morgan fingerprint density at radius 1 is 0.882 bits per heavy atom.